The molecule has 0 fully saturated rings. The Kier molecular flexibility index (Phi) is 3.69. The van der Waals surface area contributed by atoms with E-state index in [2.05, 4.69) is 36.7 Å². The van der Waals surface area contributed by atoms with Crippen LogP contribution in [0.2, 0.25) is 0 Å². The van der Waals surface area contributed by atoms with Crippen molar-refractivity contribution >= 4 is 17.0 Å². The minimum Gasteiger partial charge on any atom is -0.497 e. The van der Waals surface area contributed by atoms with E-state index in [9.17, 15) is 0 Å². The van der Waals surface area contributed by atoms with E-state index in [1.165, 1.54) is 10.4 Å². The molecule has 0 aliphatic rings. The van der Waals surface area contributed by atoms with E-state index in [1.807, 2.05) is 18.2 Å². The van der Waals surface area contributed by atoms with Crippen LogP contribution >= 0.6 is 11.3 Å². The van der Waals surface area contributed by atoms with E-state index < -0.39 is 0 Å². The molecule has 17 heavy (non-hydrogen) atoms. The molecule has 0 bridgehead atoms. The van der Waals surface area contributed by atoms with E-state index in [1.54, 1.807) is 18.4 Å². The van der Waals surface area contributed by atoms with E-state index >= 15 is 0 Å². The molecule has 1 aromatic heterocycles. The number of ether oxygens (including phenoxy) is 1. The van der Waals surface area contributed by atoms with Crippen LogP contribution in [0.25, 0.3) is 0 Å². The summed E-state index contributed by atoms with van der Waals surface area (Å²) in [5.41, 5.74) is 2.43. The summed E-state index contributed by atoms with van der Waals surface area (Å²) < 4.78 is 5.21. The average Bonchev–Trinajstić information content (AvgIpc) is 2.76. The second-order valence-corrected chi connectivity index (χ2v) is 5.01. The van der Waals surface area contributed by atoms with Crippen molar-refractivity contribution in [3.05, 3.63) is 46.2 Å². The highest BCUT2D eigenvalue weighted by Crippen LogP contribution is 2.27. The molecular weight excluding hydrogens is 230 g/mol. The lowest BCUT2D eigenvalue weighted by molar-refractivity contribution is 0.415. The summed E-state index contributed by atoms with van der Waals surface area (Å²) in [6.45, 7) is 4.33. The molecule has 0 aliphatic carbocycles. The fourth-order valence-electron chi connectivity index (χ4n) is 1.86. The normalized spacial score (nSPS) is 12.2. The molecule has 0 saturated carbocycles. The largest absolute Gasteiger partial charge is 0.497 e. The standard InChI is InChI=1S/C14H17NOS/c1-10-7-8-17-14(10)11(2)15-12-5-4-6-13(9-12)16-3/h4-9,11,15H,1-3H3. The molecule has 0 radical (unpaired) electrons. The molecular formula is C14H17NOS. The first-order valence-electron chi connectivity index (χ1n) is 5.65. The lowest BCUT2D eigenvalue weighted by Crippen LogP contribution is -2.05. The highest BCUT2D eigenvalue weighted by atomic mass is 32.1. The van der Waals surface area contributed by atoms with Gasteiger partial charge in [0.1, 0.15) is 5.75 Å². The number of thiophene rings is 1. The molecule has 1 heterocycles. The zero-order chi connectivity index (χ0) is 12.3. The average molecular weight is 247 g/mol. The molecule has 0 saturated heterocycles. The Balaban J connectivity index is 2.13. The van der Waals surface area contributed by atoms with Crippen molar-refractivity contribution in [2.75, 3.05) is 12.4 Å². The first kappa shape index (κ1) is 12.0. The van der Waals surface area contributed by atoms with Gasteiger partial charge in [-0.1, -0.05) is 6.07 Å². The number of methoxy groups -OCH3 is 1. The van der Waals surface area contributed by atoms with Crippen LogP contribution in [0.1, 0.15) is 23.4 Å². The van der Waals surface area contributed by atoms with E-state index in [0.717, 1.165) is 11.4 Å². The molecule has 2 rings (SSSR count). The molecule has 1 atom stereocenters. The number of hydrogen-bond acceptors (Lipinski definition) is 3. The number of benzene rings is 1. The molecule has 1 unspecified atom stereocenters. The Morgan fingerprint density at radius 3 is 2.76 bits per heavy atom. The summed E-state index contributed by atoms with van der Waals surface area (Å²) in [5.74, 6) is 0.880. The zero-order valence-electron chi connectivity index (χ0n) is 10.4. The van der Waals surface area contributed by atoms with Gasteiger partial charge in [-0.05, 0) is 43.0 Å². The molecule has 0 amide bonds. The number of anilines is 1. The molecule has 90 valence electrons. The Labute approximate surface area is 106 Å². The number of hydrogen-bond donors (Lipinski definition) is 1. The van der Waals surface area contributed by atoms with E-state index in [4.69, 9.17) is 4.74 Å². The Hall–Kier alpha value is -1.48. The highest BCUT2D eigenvalue weighted by molar-refractivity contribution is 7.10. The monoisotopic (exact) mass is 247 g/mol. The van der Waals surface area contributed by atoms with Crippen molar-refractivity contribution in [2.45, 2.75) is 19.9 Å². The van der Waals surface area contributed by atoms with Gasteiger partial charge in [0.15, 0.2) is 0 Å². The Morgan fingerprint density at radius 1 is 1.29 bits per heavy atom. The molecule has 1 aromatic carbocycles. The second kappa shape index (κ2) is 5.23. The fraction of sp³-hybridized carbons (Fsp3) is 0.286. The third kappa shape index (κ3) is 2.80. The van der Waals surface area contributed by atoms with E-state index in [0.29, 0.717) is 6.04 Å². The summed E-state index contributed by atoms with van der Waals surface area (Å²) in [5, 5.41) is 5.62. The zero-order valence-corrected chi connectivity index (χ0v) is 11.2. The van der Waals surface area contributed by atoms with Crippen molar-refractivity contribution in [1.82, 2.24) is 0 Å². The van der Waals surface area contributed by atoms with Crippen LogP contribution in [0.4, 0.5) is 5.69 Å². The molecule has 0 aliphatic heterocycles. The predicted octanol–water partition coefficient (Wildman–Crippen LogP) is 4.24. The third-order valence-electron chi connectivity index (χ3n) is 2.75. The van der Waals surface area contributed by atoms with Gasteiger partial charge in [0.05, 0.1) is 13.2 Å². The first-order valence-corrected chi connectivity index (χ1v) is 6.53. The van der Waals surface area contributed by atoms with Crippen LogP contribution in [0.15, 0.2) is 35.7 Å². The minimum absolute atomic E-state index is 0.321. The summed E-state index contributed by atoms with van der Waals surface area (Å²) in [4.78, 5) is 1.38. The van der Waals surface area contributed by atoms with Crippen molar-refractivity contribution in [1.29, 1.82) is 0 Å². The van der Waals surface area contributed by atoms with Gasteiger partial charge in [0.2, 0.25) is 0 Å². The lowest BCUT2D eigenvalue weighted by Gasteiger charge is -2.15. The van der Waals surface area contributed by atoms with E-state index in [-0.39, 0.29) is 0 Å². The topological polar surface area (TPSA) is 21.3 Å². The lowest BCUT2D eigenvalue weighted by atomic mass is 10.2. The van der Waals surface area contributed by atoms with Gasteiger partial charge >= 0.3 is 0 Å². The molecule has 2 nitrogen and oxygen atoms in total. The molecule has 0 spiro atoms. The molecule has 2 aromatic rings. The van der Waals surface area contributed by atoms with Crippen LogP contribution in [0, 0.1) is 6.92 Å². The van der Waals surface area contributed by atoms with Crippen molar-refractivity contribution in [3.63, 3.8) is 0 Å². The number of aryl methyl sites for hydroxylation is 1. The van der Waals surface area contributed by atoms with Gasteiger partial charge < -0.3 is 10.1 Å². The maximum atomic E-state index is 5.21. The molecule has 1 N–H and O–H groups in total. The first-order chi connectivity index (χ1) is 8.20. The Bertz CT molecular complexity index is 492. The van der Waals surface area contributed by atoms with Crippen LogP contribution < -0.4 is 10.1 Å². The van der Waals surface area contributed by atoms with Gasteiger partial charge in [0, 0.05) is 16.6 Å². The maximum absolute atomic E-state index is 5.21. The Morgan fingerprint density at radius 2 is 2.12 bits per heavy atom. The summed E-state index contributed by atoms with van der Waals surface area (Å²) in [6.07, 6.45) is 0. The van der Waals surface area contributed by atoms with Gasteiger partial charge in [-0.3, -0.25) is 0 Å². The van der Waals surface area contributed by atoms with Gasteiger partial charge in [-0.15, -0.1) is 11.3 Å². The maximum Gasteiger partial charge on any atom is 0.120 e. The van der Waals surface area contributed by atoms with Crippen molar-refractivity contribution in [2.24, 2.45) is 0 Å². The smallest absolute Gasteiger partial charge is 0.120 e. The highest BCUT2D eigenvalue weighted by Gasteiger charge is 2.09. The molecule has 3 heteroatoms. The number of rotatable bonds is 4. The fourth-order valence-corrected chi connectivity index (χ4v) is 2.79. The summed E-state index contributed by atoms with van der Waals surface area (Å²) >= 11 is 1.79. The van der Waals surface area contributed by atoms with Crippen LogP contribution in [-0.2, 0) is 0 Å². The SMILES string of the molecule is COc1cccc(NC(C)c2sccc2C)c1. The van der Waals surface area contributed by atoms with Crippen molar-refractivity contribution in [3.8, 4) is 5.75 Å². The van der Waals surface area contributed by atoms with Gasteiger partial charge in [0.25, 0.3) is 0 Å². The third-order valence-corrected chi connectivity index (χ3v) is 3.95. The van der Waals surface area contributed by atoms with Crippen LogP contribution in [-0.4, -0.2) is 7.11 Å². The summed E-state index contributed by atoms with van der Waals surface area (Å²) in [7, 11) is 1.69. The van der Waals surface area contributed by atoms with Crippen LogP contribution in [0.3, 0.4) is 0 Å². The van der Waals surface area contributed by atoms with Crippen molar-refractivity contribution < 1.29 is 4.74 Å². The second-order valence-electron chi connectivity index (χ2n) is 4.07. The van der Waals surface area contributed by atoms with Crippen LogP contribution in [0.5, 0.6) is 5.75 Å². The quantitative estimate of drug-likeness (QED) is 0.872. The van der Waals surface area contributed by atoms with Gasteiger partial charge in [-0.2, -0.15) is 0 Å². The summed E-state index contributed by atoms with van der Waals surface area (Å²) in [6, 6.07) is 10.5. The van der Waals surface area contributed by atoms with Gasteiger partial charge in [-0.25, -0.2) is 0 Å². The minimum atomic E-state index is 0.321. The predicted molar refractivity (Wildman–Crippen MR) is 74.1 cm³/mol. The number of nitrogens with one attached hydrogen (secondary N) is 1.